The molecule has 0 aromatic carbocycles. The Balaban J connectivity index is 1.71. The van der Waals surface area contributed by atoms with Crippen LogP contribution in [-0.4, -0.2) is 55.9 Å². The number of hydrogen-bond donors (Lipinski definition) is 2. The minimum Gasteiger partial charge on any atom is -0.394 e. The Bertz CT molecular complexity index is 858. The number of fused-ring (bicyclic) bond motifs is 1. The van der Waals surface area contributed by atoms with Gasteiger partial charge in [0.25, 0.3) is 5.91 Å². The predicted molar refractivity (Wildman–Crippen MR) is 114 cm³/mol. The number of hydrogen-bond acceptors (Lipinski definition) is 5. The second-order valence-corrected chi connectivity index (χ2v) is 8.55. The molecule has 2 fully saturated rings. The van der Waals surface area contributed by atoms with Crippen molar-refractivity contribution in [1.29, 1.82) is 0 Å². The van der Waals surface area contributed by atoms with Crippen LogP contribution in [0.4, 0.5) is 5.69 Å². The highest BCUT2D eigenvalue weighted by Gasteiger charge is 2.32. The summed E-state index contributed by atoms with van der Waals surface area (Å²) < 4.78 is 1.87. The maximum absolute atomic E-state index is 13.4. The molecule has 2 aliphatic rings. The average molecular weight is 400 g/mol. The van der Waals surface area contributed by atoms with Crippen LogP contribution in [0.15, 0.2) is 12.4 Å². The highest BCUT2D eigenvalue weighted by Crippen LogP contribution is 2.33. The summed E-state index contributed by atoms with van der Waals surface area (Å²) in [5.74, 6) is 0.576. The number of nitrogens with one attached hydrogen (secondary N) is 1. The first-order valence-electron chi connectivity index (χ1n) is 11.2. The normalized spacial score (nSPS) is 21.6. The van der Waals surface area contributed by atoms with Crippen molar-refractivity contribution in [3.63, 3.8) is 0 Å². The molecule has 158 valence electrons. The van der Waals surface area contributed by atoms with Gasteiger partial charge < -0.3 is 15.3 Å². The maximum Gasteiger partial charge on any atom is 0.257 e. The monoisotopic (exact) mass is 399 g/mol. The molecule has 0 radical (unpaired) electrons. The minimum absolute atomic E-state index is 0.0103. The molecular weight excluding hydrogens is 366 g/mol. The predicted octanol–water partition coefficient (Wildman–Crippen LogP) is 3.43. The van der Waals surface area contributed by atoms with Gasteiger partial charge in [0.05, 0.1) is 35.5 Å². The van der Waals surface area contributed by atoms with Crippen molar-refractivity contribution in [1.82, 2.24) is 19.7 Å². The van der Waals surface area contributed by atoms with Gasteiger partial charge in [-0.15, -0.1) is 0 Å². The van der Waals surface area contributed by atoms with E-state index in [4.69, 9.17) is 0 Å². The summed E-state index contributed by atoms with van der Waals surface area (Å²) in [6, 6.07) is 0.185. The van der Waals surface area contributed by atoms with Gasteiger partial charge in [-0.1, -0.05) is 19.3 Å². The lowest BCUT2D eigenvalue weighted by Crippen LogP contribution is -2.38. The smallest absolute Gasteiger partial charge is 0.257 e. The Kier molecular flexibility index (Phi) is 6.04. The molecule has 1 amide bonds. The Morgan fingerprint density at radius 2 is 2.03 bits per heavy atom. The molecule has 7 nitrogen and oxygen atoms in total. The quantitative estimate of drug-likeness (QED) is 0.778. The molecule has 0 unspecified atom stereocenters. The molecule has 3 heterocycles. The first kappa shape index (κ1) is 20.1. The lowest BCUT2D eigenvalue weighted by Gasteiger charge is -2.30. The second-order valence-electron chi connectivity index (χ2n) is 8.55. The third kappa shape index (κ3) is 3.84. The molecule has 1 aliphatic carbocycles. The van der Waals surface area contributed by atoms with E-state index in [1.165, 1.54) is 32.1 Å². The van der Waals surface area contributed by atoms with E-state index in [9.17, 15) is 9.90 Å². The largest absolute Gasteiger partial charge is 0.394 e. The number of aliphatic hydroxyl groups is 1. The third-order valence-electron chi connectivity index (χ3n) is 6.77. The SMILES string of the molecule is CCn1ncc2c(N[C@H](C)C3CCCCC3)c(C(=O)N3CCC[C@H]3CO)cnc21. The number of rotatable bonds is 6. The molecule has 0 spiro atoms. The first-order chi connectivity index (χ1) is 14.1. The second kappa shape index (κ2) is 8.69. The number of likely N-dealkylation sites (tertiary alicyclic amines) is 1. The van der Waals surface area contributed by atoms with Crippen molar-refractivity contribution in [2.45, 2.75) is 77.4 Å². The number of nitrogens with zero attached hydrogens (tertiary/aromatic N) is 4. The van der Waals surface area contributed by atoms with E-state index in [1.54, 1.807) is 6.20 Å². The van der Waals surface area contributed by atoms with Crippen molar-refractivity contribution in [3.8, 4) is 0 Å². The Hall–Kier alpha value is -2.15. The lowest BCUT2D eigenvalue weighted by molar-refractivity contribution is 0.0678. The van der Waals surface area contributed by atoms with E-state index < -0.39 is 0 Å². The van der Waals surface area contributed by atoms with E-state index in [0.717, 1.165) is 36.1 Å². The van der Waals surface area contributed by atoms with Crippen LogP contribution in [0, 0.1) is 5.92 Å². The van der Waals surface area contributed by atoms with Crippen molar-refractivity contribution in [2.24, 2.45) is 5.92 Å². The van der Waals surface area contributed by atoms with Crippen LogP contribution in [0.1, 0.15) is 69.2 Å². The van der Waals surface area contributed by atoms with Crippen molar-refractivity contribution >= 4 is 22.6 Å². The van der Waals surface area contributed by atoms with E-state index in [2.05, 4.69) is 22.3 Å². The highest BCUT2D eigenvalue weighted by atomic mass is 16.3. The van der Waals surface area contributed by atoms with E-state index in [-0.39, 0.29) is 24.6 Å². The zero-order chi connectivity index (χ0) is 20.4. The van der Waals surface area contributed by atoms with Crippen LogP contribution in [0.25, 0.3) is 11.0 Å². The summed E-state index contributed by atoms with van der Waals surface area (Å²) in [7, 11) is 0. The number of carbonyl (C=O) groups excluding carboxylic acids is 1. The molecule has 2 aromatic rings. The van der Waals surface area contributed by atoms with Gasteiger partial charge in [-0.3, -0.25) is 4.79 Å². The van der Waals surface area contributed by atoms with Crippen molar-refractivity contribution in [2.75, 3.05) is 18.5 Å². The summed E-state index contributed by atoms with van der Waals surface area (Å²) in [5.41, 5.74) is 2.25. The third-order valence-corrected chi connectivity index (χ3v) is 6.77. The molecule has 1 saturated heterocycles. The van der Waals surface area contributed by atoms with E-state index in [1.807, 2.05) is 22.7 Å². The fraction of sp³-hybridized carbons (Fsp3) is 0.682. The van der Waals surface area contributed by atoms with Crippen molar-refractivity contribution < 1.29 is 9.90 Å². The van der Waals surface area contributed by atoms with Gasteiger partial charge in [-0.2, -0.15) is 5.10 Å². The zero-order valence-corrected chi connectivity index (χ0v) is 17.6. The van der Waals surface area contributed by atoms with Crippen LogP contribution in [0.3, 0.4) is 0 Å². The summed E-state index contributed by atoms with van der Waals surface area (Å²) >= 11 is 0. The summed E-state index contributed by atoms with van der Waals surface area (Å²) in [6.07, 6.45) is 11.7. The number of aliphatic hydroxyl groups excluding tert-OH is 1. The number of carbonyl (C=O) groups is 1. The van der Waals surface area contributed by atoms with E-state index >= 15 is 0 Å². The van der Waals surface area contributed by atoms with E-state index in [0.29, 0.717) is 18.0 Å². The number of aromatic nitrogens is 3. The number of pyridine rings is 1. The molecule has 29 heavy (non-hydrogen) atoms. The van der Waals surface area contributed by atoms with Crippen LogP contribution in [0.2, 0.25) is 0 Å². The molecule has 2 aromatic heterocycles. The minimum atomic E-state index is -0.0971. The van der Waals surface area contributed by atoms with Gasteiger partial charge in [-0.05, 0) is 45.4 Å². The molecule has 7 heteroatoms. The van der Waals surface area contributed by atoms with Crippen molar-refractivity contribution in [3.05, 3.63) is 18.0 Å². The van der Waals surface area contributed by atoms with Crippen LogP contribution >= 0.6 is 0 Å². The van der Waals surface area contributed by atoms with Crippen LogP contribution < -0.4 is 5.32 Å². The molecular formula is C22H33N5O2. The molecule has 2 atom stereocenters. The number of amides is 1. The number of anilines is 1. The lowest BCUT2D eigenvalue weighted by atomic mass is 9.84. The van der Waals surface area contributed by atoms with Gasteiger partial charge in [0.2, 0.25) is 0 Å². The highest BCUT2D eigenvalue weighted by molar-refractivity contribution is 6.06. The summed E-state index contributed by atoms with van der Waals surface area (Å²) in [4.78, 5) is 19.8. The Morgan fingerprint density at radius 3 is 2.76 bits per heavy atom. The van der Waals surface area contributed by atoms with Crippen LogP contribution in [0.5, 0.6) is 0 Å². The van der Waals surface area contributed by atoms with Gasteiger partial charge in [-0.25, -0.2) is 9.67 Å². The molecule has 1 aliphatic heterocycles. The Labute approximate surface area is 172 Å². The zero-order valence-electron chi connectivity index (χ0n) is 17.6. The van der Waals surface area contributed by atoms with Crippen LogP contribution in [-0.2, 0) is 6.54 Å². The molecule has 1 saturated carbocycles. The fourth-order valence-electron chi connectivity index (χ4n) is 5.00. The van der Waals surface area contributed by atoms with Gasteiger partial charge in [0, 0.05) is 25.3 Å². The molecule has 2 N–H and O–H groups in total. The maximum atomic E-state index is 13.4. The molecule has 4 rings (SSSR count). The van der Waals surface area contributed by atoms with Gasteiger partial charge >= 0.3 is 0 Å². The van der Waals surface area contributed by atoms with Gasteiger partial charge in [0.15, 0.2) is 5.65 Å². The summed E-state index contributed by atoms with van der Waals surface area (Å²) in [5, 5.41) is 18.8. The topological polar surface area (TPSA) is 83.3 Å². The number of aryl methyl sites for hydroxylation is 1. The van der Waals surface area contributed by atoms with Gasteiger partial charge in [0.1, 0.15) is 0 Å². The average Bonchev–Trinajstić information content (AvgIpc) is 3.40. The first-order valence-corrected chi connectivity index (χ1v) is 11.2. The molecule has 0 bridgehead atoms. The Morgan fingerprint density at radius 1 is 1.24 bits per heavy atom. The standard InChI is InChI=1S/C22H33N5O2/c1-3-27-21-18(13-24-27)20(25-15(2)16-8-5-4-6-9-16)19(12-23-21)22(29)26-11-7-10-17(26)14-28/h12-13,15-17,28H,3-11,14H2,1-2H3,(H,23,25)/t15-,17+/m1/s1. The summed E-state index contributed by atoms with van der Waals surface area (Å²) in [6.45, 7) is 5.71. The fourth-order valence-corrected chi connectivity index (χ4v) is 5.00.